The van der Waals surface area contributed by atoms with Crippen molar-refractivity contribution in [3.05, 3.63) is 87.8 Å². The summed E-state index contributed by atoms with van der Waals surface area (Å²) in [5.41, 5.74) is 2.32. The molecule has 222 valence electrons. The second-order valence-electron chi connectivity index (χ2n) is 10.1. The van der Waals surface area contributed by atoms with Crippen LogP contribution in [0.4, 0.5) is 10.7 Å². The number of anilines is 2. The van der Waals surface area contributed by atoms with Gasteiger partial charge >= 0.3 is 11.9 Å². The molecule has 0 spiro atoms. The number of thioether (sulfide) groups is 1. The first-order valence-electron chi connectivity index (χ1n) is 14.3. The smallest absolute Gasteiger partial charge is 0.341 e. The molecule has 1 aromatic heterocycles. The Balaban J connectivity index is 1.33. The van der Waals surface area contributed by atoms with E-state index in [2.05, 4.69) is 10.6 Å². The normalized spacial score (nSPS) is 13.2. The molecule has 4 aromatic rings. The average Bonchev–Trinajstić information content (AvgIpc) is 3.37. The molecule has 0 saturated carbocycles. The summed E-state index contributed by atoms with van der Waals surface area (Å²) in [5, 5.41) is 16.7. The monoisotopic (exact) mass is 616 g/mol. The molecule has 10 heteroatoms. The highest BCUT2D eigenvalue weighted by Gasteiger charge is 2.29. The number of hydrogen-bond acceptors (Lipinski definition) is 7. The summed E-state index contributed by atoms with van der Waals surface area (Å²) in [6.07, 6.45) is 4.30. The van der Waals surface area contributed by atoms with Gasteiger partial charge in [0, 0.05) is 26.4 Å². The lowest BCUT2D eigenvalue weighted by atomic mass is 9.95. The Kier molecular flexibility index (Phi) is 9.47. The molecule has 1 unspecified atom stereocenters. The molecule has 1 heterocycles. The summed E-state index contributed by atoms with van der Waals surface area (Å²) in [6.45, 7) is 3.96. The number of rotatable bonds is 10. The molecule has 1 atom stereocenters. The third-order valence-electron chi connectivity index (χ3n) is 7.30. The van der Waals surface area contributed by atoms with Crippen molar-refractivity contribution in [3.63, 3.8) is 0 Å². The fraction of sp³-hybridized carbons (Fsp3) is 0.273. The van der Waals surface area contributed by atoms with E-state index in [0.29, 0.717) is 33.4 Å². The highest BCUT2D eigenvalue weighted by Crippen LogP contribution is 2.39. The van der Waals surface area contributed by atoms with Crippen LogP contribution in [0.25, 0.3) is 10.8 Å². The number of esters is 1. The van der Waals surface area contributed by atoms with Crippen LogP contribution in [0.15, 0.2) is 65.6 Å². The Morgan fingerprint density at radius 3 is 2.40 bits per heavy atom. The van der Waals surface area contributed by atoms with E-state index in [1.54, 1.807) is 55.5 Å². The SMILES string of the molecule is CCOC(=O)c1c(NC(=O)C(CC)Sc2cccc(NC(=O)c3cccc4cccc(C(=O)O)c34)c2)sc2c1CCCC2. The Bertz CT molecular complexity index is 1710. The number of carbonyl (C=O) groups excluding carboxylic acids is 3. The molecule has 0 aliphatic heterocycles. The zero-order chi connectivity index (χ0) is 30.5. The lowest BCUT2D eigenvalue weighted by Crippen LogP contribution is -2.25. The lowest BCUT2D eigenvalue weighted by Gasteiger charge is -2.16. The maximum atomic E-state index is 13.5. The number of carboxylic acids is 1. The van der Waals surface area contributed by atoms with Gasteiger partial charge in [0.05, 0.1) is 23.0 Å². The first-order valence-corrected chi connectivity index (χ1v) is 16.0. The zero-order valence-corrected chi connectivity index (χ0v) is 25.5. The average molecular weight is 617 g/mol. The van der Waals surface area contributed by atoms with Gasteiger partial charge in [-0.3, -0.25) is 9.59 Å². The van der Waals surface area contributed by atoms with Gasteiger partial charge in [0.15, 0.2) is 0 Å². The van der Waals surface area contributed by atoms with Crippen molar-refractivity contribution in [1.82, 2.24) is 0 Å². The van der Waals surface area contributed by atoms with E-state index < -0.39 is 23.1 Å². The Morgan fingerprint density at radius 1 is 0.953 bits per heavy atom. The summed E-state index contributed by atoms with van der Waals surface area (Å²) in [4.78, 5) is 53.3. The summed E-state index contributed by atoms with van der Waals surface area (Å²) in [5.74, 6) is -2.14. The van der Waals surface area contributed by atoms with E-state index in [-0.39, 0.29) is 23.6 Å². The number of fused-ring (bicyclic) bond motifs is 2. The topological polar surface area (TPSA) is 122 Å². The van der Waals surface area contributed by atoms with Crippen LogP contribution in [0.2, 0.25) is 0 Å². The molecule has 5 rings (SSSR count). The molecule has 2 amide bonds. The fourth-order valence-corrected chi connectivity index (χ4v) is 7.60. The third kappa shape index (κ3) is 6.60. The fourth-order valence-electron chi connectivity index (χ4n) is 5.31. The predicted molar refractivity (Wildman–Crippen MR) is 171 cm³/mol. The molecule has 0 saturated heterocycles. The van der Waals surface area contributed by atoms with E-state index in [4.69, 9.17) is 4.74 Å². The van der Waals surface area contributed by atoms with E-state index in [1.165, 1.54) is 29.2 Å². The number of benzene rings is 3. The minimum atomic E-state index is -1.11. The number of nitrogens with one attached hydrogen (secondary N) is 2. The van der Waals surface area contributed by atoms with Crippen LogP contribution < -0.4 is 10.6 Å². The number of carboxylic acid groups (broad SMARTS) is 1. The number of aromatic carboxylic acids is 1. The molecule has 3 aromatic carbocycles. The molecule has 1 aliphatic rings. The largest absolute Gasteiger partial charge is 0.478 e. The predicted octanol–water partition coefficient (Wildman–Crippen LogP) is 7.42. The maximum Gasteiger partial charge on any atom is 0.341 e. The molecule has 43 heavy (non-hydrogen) atoms. The van der Waals surface area contributed by atoms with Gasteiger partial charge in [-0.25, -0.2) is 9.59 Å². The zero-order valence-electron chi connectivity index (χ0n) is 23.9. The first kappa shape index (κ1) is 30.3. The lowest BCUT2D eigenvalue weighted by molar-refractivity contribution is -0.115. The van der Waals surface area contributed by atoms with Gasteiger partial charge in [-0.05, 0) is 80.3 Å². The van der Waals surface area contributed by atoms with Gasteiger partial charge in [0.2, 0.25) is 5.91 Å². The Morgan fingerprint density at radius 2 is 1.67 bits per heavy atom. The Hall–Kier alpha value is -4.15. The van der Waals surface area contributed by atoms with Crippen LogP contribution in [0.1, 0.15) is 74.6 Å². The van der Waals surface area contributed by atoms with Crippen LogP contribution >= 0.6 is 23.1 Å². The van der Waals surface area contributed by atoms with Crippen molar-refractivity contribution in [1.29, 1.82) is 0 Å². The van der Waals surface area contributed by atoms with E-state index in [1.807, 2.05) is 13.0 Å². The number of aryl methyl sites for hydroxylation is 1. The Labute approximate surface area is 257 Å². The molecule has 3 N–H and O–H groups in total. The van der Waals surface area contributed by atoms with Gasteiger partial charge in [-0.1, -0.05) is 37.3 Å². The van der Waals surface area contributed by atoms with Crippen molar-refractivity contribution < 1.29 is 29.0 Å². The minimum absolute atomic E-state index is 0.0575. The van der Waals surface area contributed by atoms with Crippen molar-refractivity contribution >= 4 is 68.3 Å². The van der Waals surface area contributed by atoms with Crippen molar-refractivity contribution in [2.24, 2.45) is 0 Å². The van der Waals surface area contributed by atoms with Crippen molar-refractivity contribution in [2.75, 3.05) is 17.2 Å². The molecule has 0 bridgehead atoms. The van der Waals surface area contributed by atoms with Crippen LogP contribution in [0.3, 0.4) is 0 Å². The molecule has 1 aliphatic carbocycles. The maximum absolute atomic E-state index is 13.5. The highest BCUT2D eigenvalue weighted by atomic mass is 32.2. The van der Waals surface area contributed by atoms with E-state index >= 15 is 0 Å². The summed E-state index contributed by atoms with van der Waals surface area (Å²) in [7, 11) is 0. The second kappa shape index (κ2) is 13.4. The van der Waals surface area contributed by atoms with Gasteiger partial charge < -0.3 is 20.5 Å². The van der Waals surface area contributed by atoms with Crippen LogP contribution in [0.5, 0.6) is 0 Å². The number of hydrogen-bond donors (Lipinski definition) is 3. The number of ether oxygens (including phenoxy) is 1. The summed E-state index contributed by atoms with van der Waals surface area (Å²) >= 11 is 2.83. The second-order valence-corrected chi connectivity index (χ2v) is 12.5. The van der Waals surface area contributed by atoms with Gasteiger partial charge in [-0.15, -0.1) is 23.1 Å². The number of carbonyl (C=O) groups is 4. The molecule has 0 fully saturated rings. The molecule has 0 radical (unpaired) electrons. The first-order chi connectivity index (χ1) is 20.8. The number of thiophene rings is 1. The van der Waals surface area contributed by atoms with Crippen LogP contribution in [0, 0.1) is 0 Å². The molecular weight excluding hydrogens is 585 g/mol. The van der Waals surface area contributed by atoms with Crippen molar-refractivity contribution in [3.8, 4) is 0 Å². The van der Waals surface area contributed by atoms with Crippen LogP contribution in [-0.2, 0) is 22.4 Å². The highest BCUT2D eigenvalue weighted by molar-refractivity contribution is 8.00. The molecular formula is C33H32N2O6S2. The van der Waals surface area contributed by atoms with Gasteiger partial charge in [0.1, 0.15) is 5.00 Å². The van der Waals surface area contributed by atoms with E-state index in [9.17, 15) is 24.3 Å². The summed E-state index contributed by atoms with van der Waals surface area (Å²) < 4.78 is 5.32. The summed E-state index contributed by atoms with van der Waals surface area (Å²) in [6, 6.07) is 17.2. The van der Waals surface area contributed by atoms with Gasteiger partial charge in [-0.2, -0.15) is 0 Å². The van der Waals surface area contributed by atoms with E-state index in [0.717, 1.165) is 41.0 Å². The quantitative estimate of drug-likeness (QED) is 0.125. The molecule has 8 nitrogen and oxygen atoms in total. The third-order valence-corrected chi connectivity index (χ3v) is 9.87. The van der Waals surface area contributed by atoms with Crippen LogP contribution in [-0.4, -0.2) is 40.7 Å². The standard InChI is InChI=1S/C33H32N2O6S2/c1-3-25(30(37)35-31-28(33(40)41-4-2)22-14-5-6-17-26(22)43-31)42-21-13-9-12-20(18-21)34-29(36)23-15-7-10-19-11-8-16-24(27(19)23)32(38)39/h7-13,15-16,18,25H,3-6,14,17H2,1-2H3,(H,34,36)(H,35,37)(H,38,39). The minimum Gasteiger partial charge on any atom is -0.478 e. The number of amides is 2. The van der Waals surface area contributed by atoms with Crippen molar-refractivity contribution in [2.45, 2.75) is 56.1 Å². The van der Waals surface area contributed by atoms with Gasteiger partial charge in [0.25, 0.3) is 5.91 Å².